The average molecular weight is 304 g/mol. The molecule has 0 bridgehead atoms. The van der Waals surface area contributed by atoms with Crippen LogP contribution in [0.3, 0.4) is 0 Å². The topological polar surface area (TPSA) is 82.7 Å². The van der Waals surface area contributed by atoms with E-state index in [1.807, 2.05) is 0 Å². The van der Waals surface area contributed by atoms with Crippen molar-refractivity contribution in [1.82, 2.24) is 24.3 Å². The van der Waals surface area contributed by atoms with E-state index in [0.29, 0.717) is 16.4 Å². The van der Waals surface area contributed by atoms with Gasteiger partial charge >= 0.3 is 5.69 Å². The molecule has 2 aliphatic heterocycles. The van der Waals surface area contributed by atoms with Crippen molar-refractivity contribution in [1.29, 1.82) is 0 Å². The minimum Gasteiger partial charge on any atom is -0.267 e. The standard InChI is InChI=1S/C13H10ClN5O2/c1-18-12(20)9-11(16-13(18)21)19(2)17-10(15-9)7-4-3-5-8(14)6-7/h3-6H,1-2H3. The molecule has 0 aliphatic carbocycles. The highest BCUT2D eigenvalue weighted by Gasteiger charge is 2.19. The van der Waals surface area contributed by atoms with Crippen molar-refractivity contribution in [2.24, 2.45) is 14.1 Å². The molecule has 0 saturated carbocycles. The Hall–Kier alpha value is -2.54. The van der Waals surface area contributed by atoms with Crippen LogP contribution in [0, 0.1) is 0 Å². The van der Waals surface area contributed by atoms with Gasteiger partial charge in [0.25, 0.3) is 5.56 Å². The van der Waals surface area contributed by atoms with Gasteiger partial charge in [0.15, 0.2) is 17.3 Å². The second-order valence-corrected chi connectivity index (χ2v) is 4.94. The van der Waals surface area contributed by atoms with E-state index in [-0.39, 0.29) is 11.5 Å². The summed E-state index contributed by atoms with van der Waals surface area (Å²) in [6.45, 7) is 0. The number of nitrogens with zero attached hydrogens (tertiary/aromatic N) is 5. The molecule has 0 unspecified atom stereocenters. The Bertz CT molecular complexity index is 931. The van der Waals surface area contributed by atoms with Crippen molar-refractivity contribution in [2.45, 2.75) is 0 Å². The van der Waals surface area contributed by atoms with Crippen molar-refractivity contribution < 1.29 is 0 Å². The molecular weight excluding hydrogens is 294 g/mol. The Kier molecular flexibility index (Phi) is 3.06. The fraction of sp³-hybridized carbons (Fsp3) is 0.154. The number of benzene rings is 1. The van der Waals surface area contributed by atoms with Crippen LogP contribution in [0.15, 0.2) is 33.9 Å². The van der Waals surface area contributed by atoms with Gasteiger partial charge in [0, 0.05) is 24.7 Å². The Balaban J connectivity index is 2.36. The summed E-state index contributed by atoms with van der Waals surface area (Å²) in [6.07, 6.45) is 0. The van der Waals surface area contributed by atoms with Gasteiger partial charge in [-0.05, 0) is 12.1 Å². The fourth-order valence-electron chi connectivity index (χ4n) is 1.95. The molecular formula is C13H10ClN5O2. The van der Waals surface area contributed by atoms with E-state index in [9.17, 15) is 9.59 Å². The number of aromatic nitrogens is 5. The molecule has 21 heavy (non-hydrogen) atoms. The molecule has 0 fully saturated rings. The lowest BCUT2D eigenvalue weighted by Gasteiger charge is -2.11. The van der Waals surface area contributed by atoms with Crippen LogP contribution in [0.25, 0.3) is 22.9 Å². The first-order valence-corrected chi connectivity index (χ1v) is 6.43. The second-order valence-electron chi connectivity index (χ2n) is 4.50. The lowest BCUT2D eigenvalue weighted by molar-refractivity contribution is 0.678. The van der Waals surface area contributed by atoms with Gasteiger partial charge in [-0.25, -0.2) is 14.5 Å². The largest absolute Gasteiger partial charge is 0.352 e. The Labute approximate surface area is 123 Å². The van der Waals surface area contributed by atoms with E-state index in [4.69, 9.17) is 11.6 Å². The number of hydrogen-bond acceptors (Lipinski definition) is 5. The summed E-state index contributed by atoms with van der Waals surface area (Å²) in [4.78, 5) is 31.7. The molecule has 0 aromatic heterocycles. The van der Waals surface area contributed by atoms with Gasteiger partial charge in [-0.3, -0.25) is 9.36 Å². The first-order chi connectivity index (χ1) is 9.97. The molecule has 0 spiro atoms. The molecule has 8 heteroatoms. The van der Waals surface area contributed by atoms with Crippen LogP contribution in [-0.4, -0.2) is 24.3 Å². The van der Waals surface area contributed by atoms with E-state index in [1.54, 1.807) is 31.3 Å². The summed E-state index contributed by atoms with van der Waals surface area (Å²) in [7, 11) is 2.96. The molecule has 0 N–H and O–H groups in total. The van der Waals surface area contributed by atoms with E-state index >= 15 is 0 Å². The summed E-state index contributed by atoms with van der Waals surface area (Å²) in [5.74, 6) is 0.485. The SMILES string of the molecule is Cn1nc(-c2cccc(Cl)c2)nc2c(=O)n(C)c(=O)nc1-2. The third-order valence-electron chi connectivity index (χ3n) is 3.06. The monoisotopic (exact) mass is 303 g/mol. The van der Waals surface area contributed by atoms with Crippen molar-refractivity contribution in [2.75, 3.05) is 0 Å². The minimum atomic E-state index is -0.637. The summed E-state index contributed by atoms with van der Waals surface area (Å²) >= 11 is 5.95. The van der Waals surface area contributed by atoms with Crippen LogP contribution in [0.5, 0.6) is 0 Å². The number of aryl methyl sites for hydroxylation is 1. The van der Waals surface area contributed by atoms with E-state index < -0.39 is 11.2 Å². The van der Waals surface area contributed by atoms with Crippen LogP contribution < -0.4 is 11.2 Å². The highest BCUT2D eigenvalue weighted by molar-refractivity contribution is 6.30. The fourth-order valence-corrected chi connectivity index (χ4v) is 2.14. The maximum absolute atomic E-state index is 12.1. The molecule has 2 heterocycles. The van der Waals surface area contributed by atoms with Gasteiger partial charge < -0.3 is 0 Å². The summed E-state index contributed by atoms with van der Waals surface area (Å²) in [6, 6.07) is 6.98. The number of rotatable bonds is 1. The van der Waals surface area contributed by atoms with Gasteiger partial charge in [-0.15, -0.1) is 0 Å². The smallest absolute Gasteiger partial charge is 0.267 e. The van der Waals surface area contributed by atoms with Gasteiger partial charge in [-0.2, -0.15) is 10.1 Å². The van der Waals surface area contributed by atoms with Gasteiger partial charge in [0.2, 0.25) is 0 Å². The molecule has 0 atom stereocenters. The summed E-state index contributed by atoms with van der Waals surface area (Å²) < 4.78 is 2.28. The van der Waals surface area contributed by atoms with Gasteiger partial charge in [-0.1, -0.05) is 23.7 Å². The van der Waals surface area contributed by atoms with Crippen molar-refractivity contribution in [3.8, 4) is 22.9 Å². The van der Waals surface area contributed by atoms with Crippen LogP contribution in [0.4, 0.5) is 0 Å². The molecule has 106 valence electrons. The molecule has 0 radical (unpaired) electrons. The predicted octanol–water partition coefficient (Wildman–Crippen LogP) is 0.694. The van der Waals surface area contributed by atoms with Gasteiger partial charge in [0.1, 0.15) is 0 Å². The number of halogens is 1. The maximum atomic E-state index is 12.1. The highest BCUT2D eigenvalue weighted by Crippen LogP contribution is 2.21. The predicted molar refractivity (Wildman–Crippen MR) is 77.4 cm³/mol. The molecule has 0 amide bonds. The molecule has 2 aliphatic rings. The number of fused-ring (bicyclic) bond motifs is 1. The van der Waals surface area contributed by atoms with Crippen molar-refractivity contribution in [3.63, 3.8) is 0 Å². The van der Waals surface area contributed by atoms with Crippen molar-refractivity contribution in [3.05, 3.63) is 50.1 Å². The van der Waals surface area contributed by atoms with E-state index in [2.05, 4.69) is 15.1 Å². The molecule has 3 rings (SSSR count). The zero-order chi connectivity index (χ0) is 15.1. The van der Waals surface area contributed by atoms with Crippen molar-refractivity contribution >= 4 is 11.6 Å². The van der Waals surface area contributed by atoms with Crippen LogP contribution in [0.2, 0.25) is 5.02 Å². The first kappa shape index (κ1) is 13.4. The number of hydrogen-bond donors (Lipinski definition) is 0. The van der Waals surface area contributed by atoms with Crippen LogP contribution in [0.1, 0.15) is 0 Å². The normalized spacial score (nSPS) is 11.0. The summed E-state index contributed by atoms with van der Waals surface area (Å²) in [5.41, 5.74) is -0.383. The van der Waals surface area contributed by atoms with Crippen LogP contribution >= 0.6 is 11.6 Å². The van der Waals surface area contributed by atoms with Gasteiger partial charge in [0.05, 0.1) is 0 Å². The lowest BCUT2D eigenvalue weighted by Crippen LogP contribution is -2.36. The van der Waals surface area contributed by atoms with E-state index in [1.165, 1.54) is 11.7 Å². The molecule has 0 saturated heterocycles. The quantitative estimate of drug-likeness (QED) is 0.660. The summed E-state index contributed by atoms with van der Waals surface area (Å²) in [5, 5.41) is 4.76. The Morgan fingerprint density at radius 1 is 1.14 bits per heavy atom. The molecule has 1 aromatic rings. The lowest BCUT2D eigenvalue weighted by atomic mass is 10.2. The van der Waals surface area contributed by atoms with E-state index in [0.717, 1.165) is 4.57 Å². The van der Waals surface area contributed by atoms with Crippen LogP contribution in [-0.2, 0) is 14.1 Å². The zero-order valence-electron chi connectivity index (χ0n) is 11.2. The second kappa shape index (κ2) is 4.78. The zero-order valence-corrected chi connectivity index (χ0v) is 12.0. The Morgan fingerprint density at radius 2 is 1.90 bits per heavy atom. The molecule has 1 aromatic carbocycles. The Morgan fingerprint density at radius 3 is 2.62 bits per heavy atom. The maximum Gasteiger partial charge on any atom is 0.352 e. The third-order valence-corrected chi connectivity index (χ3v) is 3.29. The first-order valence-electron chi connectivity index (χ1n) is 6.05. The highest BCUT2D eigenvalue weighted by atomic mass is 35.5. The average Bonchev–Trinajstić information content (AvgIpc) is 2.46. The minimum absolute atomic E-state index is 0.0876. The molecule has 7 nitrogen and oxygen atoms in total. The third kappa shape index (κ3) is 2.21.